The minimum atomic E-state index is -2.76. The molecule has 0 radical (unpaired) electrons. The zero-order valence-corrected chi connectivity index (χ0v) is 17.8. The Morgan fingerprint density at radius 2 is 1.81 bits per heavy atom. The molecule has 10 heteroatoms. The molecule has 32 heavy (non-hydrogen) atoms. The molecule has 0 bridgehead atoms. The summed E-state index contributed by atoms with van der Waals surface area (Å²) in [5, 5.41) is 55.0. The van der Waals surface area contributed by atoms with Gasteiger partial charge in [-0.3, -0.25) is 14.4 Å². The fourth-order valence-corrected chi connectivity index (χ4v) is 5.86. The van der Waals surface area contributed by atoms with Crippen LogP contribution in [-0.4, -0.2) is 79.7 Å². The van der Waals surface area contributed by atoms with Crippen LogP contribution in [0.25, 0.3) is 5.76 Å². The van der Waals surface area contributed by atoms with Crippen molar-refractivity contribution < 1.29 is 39.9 Å². The van der Waals surface area contributed by atoms with Gasteiger partial charge in [-0.1, -0.05) is 12.1 Å². The number of aromatic hydroxyl groups is 1. The predicted molar refractivity (Wildman–Crippen MR) is 110 cm³/mol. The van der Waals surface area contributed by atoms with Crippen LogP contribution < -0.4 is 5.73 Å². The topological polar surface area (TPSA) is 182 Å². The van der Waals surface area contributed by atoms with Crippen LogP contribution in [-0.2, 0) is 20.0 Å². The number of nitrogens with zero attached hydrogens (tertiary/aromatic N) is 1. The summed E-state index contributed by atoms with van der Waals surface area (Å²) in [6.45, 7) is 1.41. The van der Waals surface area contributed by atoms with E-state index >= 15 is 0 Å². The molecule has 0 saturated heterocycles. The first kappa shape index (κ1) is 22.4. The molecule has 3 aliphatic rings. The number of aliphatic hydroxyl groups excluding tert-OH is 2. The minimum absolute atomic E-state index is 0.166. The maximum Gasteiger partial charge on any atom is 0.230 e. The maximum absolute atomic E-state index is 13.7. The summed E-state index contributed by atoms with van der Waals surface area (Å²) < 4.78 is 0. The third kappa shape index (κ3) is 2.57. The number of benzene rings is 1. The number of ketones is 2. The lowest BCUT2D eigenvalue weighted by Crippen LogP contribution is -2.74. The van der Waals surface area contributed by atoms with Crippen LogP contribution in [0.2, 0.25) is 0 Å². The molecule has 7 atom stereocenters. The average Bonchev–Trinajstić information content (AvgIpc) is 2.68. The van der Waals surface area contributed by atoms with Crippen molar-refractivity contribution >= 4 is 23.2 Å². The Bertz CT molecular complexity index is 1080. The molecule has 0 heterocycles. The standard InChI is InChI=1S/C22H26N2O8/c1-21(31)8-5-4-6-11(25)12(8)16(26)13-9(21)7-10-15(24(2)3)17(27)14(20(23)30)19(29)22(10,32)18(13)28/h4-6,9-10,14-15,17,25-27,31-32H,7H2,1-3H3,(H2,23,30)/t9-,10-,14?,15?,17?,21+,22-/m0/s1. The molecule has 10 nitrogen and oxygen atoms in total. The Kier molecular flexibility index (Phi) is 4.80. The van der Waals surface area contributed by atoms with E-state index in [2.05, 4.69) is 0 Å². The summed E-state index contributed by atoms with van der Waals surface area (Å²) in [5.41, 5.74) is 0.420. The number of nitrogens with two attached hydrogens (primary N) is 1. The molecular weight excluding hydrogens is 420 g/mol. The maximum atomic E-state index is 13.7. The largest absolute Gasteiger partial charge is 0.507 e. The van der Waals surface area contributed by atoms with Gasteiger partial charge in [0.1, 0.15) is 17.4 Å². The number of carbonyl (C=O) groups excluding carboxylic acids is 3. The highest BCUT2D eigenvalue weighted by molar-refractivity contribution is 6.25. The molecule has 2 fully saturated rings. The molecule has 172 valence electrons. The number of hydrogen-bond donors (Lipinski definition) is 6. The van der Waals surface area contributed by atoms with Crippen LogP contribution in [0.1, 0.15) is 24.5 Å². The lowest BCUT2D eigenvalue weighted by molar-refractivity contribution is -0.188. The van der Waals surface area contributed by atoms with Crippen molar-refractivity contribution in [3.05, 3.63) is 34.9 Å². The van der Waals surface area contributed by atoms with E-state index in [9.17, 15) is 39.9 Å². The number of Topliss-reactive ketones (excluding diaryl/α,β-unsaturated/α-hetero) is 2. The molecule has 0 aliphatic heterocycles. The van der Waals surface area contributed by atoms with Gasteiger partial charge in [0.15, 0.2) is 11.4 Å². The van der Waals surface area contributed by atoms with Gasteiger partial charge in [-0.15, -0.1) is 0 Å². The first-order valence-corrected chi connectivity index (χ1v) is 10.2. The molecule has 1 aromatic carbocycles. The second-order valence-corrected chi connectivity index (χ2v) is 9.29. The summed E-state index contributed by atoms with van der Waals surface area (Å²) in [7, 11) is 3.11. The smallest absolute Gasteiger partial charge is 0.230 e. The van der Waals surface area contributed by atoms with Gasteiger partial charge in [-0.2, -0.15) is 0 Å². The molecule has 4 rings (SSSR count). The molecule has 2 saturated carbocycles. The van der Waals surface area contributed by atoms with Crippen molar-refractivity contribution in [1.29, 1.82) is 0 Å². The van der Waals surface area contributed by atoms with Crippen molar-refractivity contribution in [2.24, 2.45) is 23.5 Å². The number of rotatable bonds is 2. The number of amides is 1. The second kappa shape index (κ2) is 6.85. The van der Waals surface area contributed by atoms with Gasteiger partial charge in [0.25, 0.3) is 0 Å². The third-order valence-electron chi connectivity index (χ3n) is 7.39. The Hall–Kier alpha value is -2.79. The number of fused-ring (bicyclic) bond motifs is 3. The first-order chi connectivity index (χ1) is 14.8. The van der Waals surface area contributed by atoms with E-state index in [0.29, 0.717) is 0 Å². The number of hydrogen-bond acceptors (Lipinski definition) is 9. The fourth-order valence-electron chi connectivity index (χ4n) is 5.86. The van der Waals surface area contributed by atoms with Gasteiger partial charge in [0.2, 0.25) is 11.7 Å². The van der Waals surface area contributed by atoms with Gasteiger partial charge < -0.3 is 36.2 Å². The van der Waals surface area contributed by atoms with Gasteiger partial charge in [-0.05, 0) is 39.1 Å². The fraction of sp³-hybridized carbons (Fsp3) is 0.500. The Labute approximate surface area is 183 Å². The first-order valence-electron chi connectivity index (χ1n) is 10.2. The van der Waals surface area contributed by atoms with E-state index < -0.39 is 69.9 Å². The van der Waals surface area contributed by atoms with Gasteiger partial charge >= 0.3 is 0 Å². The predicted octanol–water partition coefficient (Wildman–Crippen LogP) is -1.21. The minimum Gasteiger partial charge on any atom is -0.507 e. The monoisotopic (exact) mass is 446 g/mol. The molecule has 1 aromatic rings. The van der Waals surface area contributed by atoms with Crippen molar-refractivity contribution in [3.8, 4) is 5.75 Å². The normalized spacial score (nSPS) is 38.9. The van der Waals surface area contributed by atoms with E-state index in [-0.39, 0.29) is 23.3 Å². The summed E-state index contributed by atoms with van der Waals surface area (Å²) in [6.07, 6.45) is -1.75. The van der Waals surface area contributed by atoms with Crippen molar-refractivity contribution in [1.82, 2.24) is 4.90 Å². The van der Waals surface area contributed by atoms with Crippen LogP contribution in [0, 0.1) is 17.8 Å². The molecule has 0 aromatic heterocycles. The van der Waals surface area contributed by atoms with E-state index in [1.807, 2.05) is 0 Å². The Morgan fingerprint density at radius 3 is 2.38 bits per heavy atom. The average molecular weight is 446 g/mol. The van der Waals surface area contributed by atoms with E-state index in [4.69, 9.17) is 5.73 Å². The number of phenolic OH excluding ortho intramolecular Hbond substituents is 1. The Balaban J connectivity index is 1.99. The van der Waals surface area contributed by atoms with Crippen molar-refractivity contribution in [3.63, 3.8) is 0 Å². The van der Waals surface area contributed by atoms with Crippen molar-refractivity contribution in [2.45, 2.75) is 36.7 Å². The van der Waals surface area contributed by atoms with Crippen molar-refractivity contribution in [2.75, 3.05) is 14.1 Å². The molecule has 3 unspecified atom stereocenters. The molecule has 0 spiro atoms. The zero-order chi connectivity index (χ0) is 23.9. The summed E-state index contributed by atoms with van der Waals surface area (Å²) in [5.74, 6) is -8.74. The SMILES string of the molecule is CN(C)C1C(O)C(C(N)=O)C(=O)[C@@]2(O)C(=O)C3=C(O)c4c(O)cccc4[C@@](C)(O)[C@H]3C[C@@H]12. The number of likely N-dealkylation sites (N-methyl/N-ethyl adjacent to an activating group) is 1. The zero-order valence-electron chi connectivity index (χ0n) is 17.8. The molecular formula is C22H26N2O8. The lowest BCUT2D eigenvalue weighted by Gasteiger charge is -2.55. The second-order valence-electron chi connectivity index (χ2n) is 9.29. The molecule has 7 N–H and O–H groups in total. The summed E-state index contributed by atoms with van der Waals surface area (Å²) in [4.78, 5) is 40.3. The highest BCUT2D eigenvalue weighted by atomic mass is 16.3. The van der Waals surface area contributed by atoms with E-state index in [0.717, 1.165) is 0 Å². The number of phenols is 1. The van der Waals surface area contributed by atoms with Crippen LogP contribution in [0.15, 0.2) is 23.8 Å². The van der Waals surface area contributed by atoms with Gasteiger partial charge in [0, 0.05) is 23.5 Å². The number of carbonyl (C=O) groups is 3. The molecule has 3 aliphatic carbocycles. The van der Waals surface area contributed by atoms with E-state index in [1.165, 1.54) is 30.0 Å². The van der Waals surface area contributed by atoms with E-state index in [1.54, 1.807) is 14.1 Å². The highest BCUT2D eigenvalue weighted by Gasteiger charge is 2.69. The van der Waals surface area contributed by atoms with Crippen LogP contribution in [0.4, 0.5) is 0 Å². The summed E-state index contributed by atoms with van der Waals surface area (Å²) >= 11 is 0. The summed E-state index contributed by atoms with van der Waals surface area (Å²) in [6, 6.07) is 3.23. The highest BCUT2D eigenvalue weighted by Crippen LogP contribution is 2.56. The van der Waals surface area contributed by atoms with Gasteiger partial charge in [-0.25, -0.2) is 0 Å². The van der Waals surface area contributed by atoms with Gasteiger partial charge in [0.05, 0.1) is 17.3 Å². The van der Waals surface area contributed by atoms with Crippen LogP contribution in [0.5, 0.6) is 5.75 Å². The Morgan fingerprint density at radius 1 is 1.19 bits per heavy atom. The quantitative estimate of drug-likeness (QED) is 0.304. The van der Waals surface area contributed by atoms with Crippen LogP contribution in [0.3, 0.4) is 0 Å². The number of aliphatic hydroxyl groups is 4. The van der Waals surface area contributed by atoms with Crippen LogP contribution >= 0.6 is 0 Å². The third-order valence-corrected chi connectivity index (χ3v) is 7.39. The lowest BCUT2D eigenvalue weighted by atomic mass is 9.52. The molecule has 1 amide bonds. The number of primary amides is 1.